The van der Waals surface area contributed by atoms with E-state index < -0.39 is 21.8 Å². The molecule has 0 aliphatic heterocycles. The van der Waals surface area contributed by atoms with Gasteiger partial charge in [0.15, 0.2) is 0 Å². The van der Waals surface area contributed by atoms with Gasteiger partial charge in [0.2, 0.25) is 5.91 Å². The Morgan fingerprint density at radius 3 is 2.28 bits per heavy atom. The van der Waals surface area contributed by atoms with Gasteiger partial charge in [0.05, 0.1) is 24.6 Å². The first kappa shape index (κ1) is 21.8. The normalized spacial score (nSPS) is 10.5. The van der Waals surface area contributed by atoms with Crippen LogP contribution in [0, 0.1) is 12.3 Å². The lowest BCUT2D eigenvalue weighted by atomic mass is 10.2. The number of rotatable bonds is 9. The molecular formula is C20H21N3O5S. The van der Waals surface area contributed by atoms with Crippen molar-refractivity contribution in [3.8, 4) is 18.1 Å². The molecular weight excluding hydrogens is 394 g/mol. The van der Waals surface area contributed by atoms with Crippen LogP contribution in [0.2, 0.25) is 0 Å². The Bertz CT molecular complexity index is 994. The lowest BCUT2D eigenvalue weighted by Gasteiger charge is -2.10. The van der Waals surface area contributed by atoms with Crippen molar-refractivity contribution in [2.24, 2.45) is 0 Å². The van der Waals surface area contributed by atoms with Gasteiger partial charge in [-0.1, -0.05) is 5.92 Å². The Morgan fingerprint density at radius 1 is 1.03 bits per heavy atom. The molecule has 0 aliphatic rings. The number of amides is 2. The fourth-order valence-electron chi connectivity index (χ4n) is 2.26. The molecule has 0 radical (unpaired) electrons. The number of carbonyl (C=O) groups is 2. The van der Waals surface area contributed by atoms with E-state index in [-0.39, 0.29) is 23.5 Å². The third kappa shape index (κ3) is 6.55. The van der Waals surface area contributed by atoms with E-state index in [9.17, 15) is 18.0 Å². The zero-order valence-corrected chi connectivity index (χ0v) is 16.6. The zero-order chi connectivity index (χ0) is 21.3. The van der Waals surface area contributed by atoms with Crippen LogP contribution in [0.5, 0.6) is 5.75 Å². The monoisotopic (exact) mass is 415 g/mol. The molecule has 2 rings (SSSR count). The highest BCUT2D eigenvalue weighted by Gasteiger charge is 2.15. The minimum atomic E-state index is -3.82. The Labute approximate surface area is 169 Å². The summed E-state index contributed by atoms with van der Waals surface area (Å²) < 4.78 is 32.8. The Morgan fingerprint density at radius 2 is 1.69 bits per heavy atom. The second-order valence-electron chi connectivity index (χ2n) is 5.75. The maximum atomic E-state index is 12.5. The lowest BCUT2D eigenvalue weighted by molar-refractivity contribution is -0.119. The van der Waals surface area contributed by atoms with Gasteiger partial charge < -0.3 is 15.4 Å². The smallest absolute Gasteiger partial charge is 0.261 e. The van der Waals surface area contributed by atoms with Crippen molar-refractivity contribution >= 4 is 27.5 Å². The second-order valence-corrected chi connectivity index (χ2v) is 7.43. The van der Waals surface area contributed by atoms with Crippen LogP contribution < -0.4 is 20.1 Å². The number of terminal acetylenes is 1. The Kier molecular flexibility index (Phi) is 7.62. The highest BCUT2D eigenvalue weighted by molar-refractivity contribution is 7.92. The summed E-state index contributed by atoms with van der Waals surface area (Å²) >= 11 is 0. The number of ether oxygens (including phenoxy) is 1. The summed E-state index contributed by atoms with van der Waals surface area (Å²) in [5.41, 5.74) is 0.600. The first-order valence-electron chi connectivity index (χ1n) is 8.70. The van der Waals surface area contributed by atoms with E-state index in [0.29, 0.717) is 18.0 Å². The molecule has 8 nitrogen and oxygen atoms in total. The number of hydrogen-bond acceptors (Lipinski definition) is 5. The average Bonchev–Trinajstić information content (AvgIpc) is 2.72. The van der Waals surface area contributed by atoms with Crippen LogP contribution in [0.15, 0.2) is 53.4 Å². The molecule has 2 aromatic carbocycles. The molecule has 3 N–H and O–H groups in total. The topological polar surface area (TPSA) is 114 Å². The number of anilines is 1. The van der Waals surface area contributed by atoms with Gasteiger partial charge in [-0.25, -0.2) is 8.42 Å². The third-order valence-corrected chi connectivity index (χ3v) is 5.04. The highest BCUT2D eigenvalue weighted by Crippen LogP contribution is 2.20. The van der Waals surface area contributed by atoms with Gasteiger partial charge in [-0.05, 0) is 55.5 Å². The molecule has 0 saturated heterocycles. The fraction of sp³-hybridized carbons (Fsp3) is 0.200. The van der Waals surface area contributed by atoms with Gasteiger partial charge in [0.1, 0.15) is 5.75 Å². The van der Waals surface area contributed by atoms with Crippen molar-refractivity contribution in [2.45, 2.75) is 11.8 Å². The minimum absolute atomic E-state index is 0.00491. The van der Waals surface area contributed by atoms with E-state index >= 15 is 0 Å². The van der Waals surface area contributed by atoms with Crippen LogP contribution in [-0.2, 0) is 14.8 Å². The molecule has 0 unspecified atom stereocenters. The van der Waals surface area contributed by atoms with E-state index in [2.05, 4.69) is 21.3 Å². The van der Waals surface area contributed by atoms with Gasteiger partial charge in [-0.3, -0.25) is 14.3 Å². The van der Waals surface area contributed by atoms with E-state index in [1.807, 2.05) is 6.92 Å². The molecule has 0 fully saturated rings. The van der Waals surface area contributed by atoms with Crippen LogP contribution in [0.3, 0.4) is 0 Å². The largest absolute Gasteiger partial charge is 0.494 e. The zero-order valence-electron chi connectivity index (χ0n) is 15.8. The number of nitrogens with one attached hydrogen (secondary N) is 3. The van der Waals surface area contributed by atoms with Crippen LogP contribution in [0.4, 0.5) is 5.69 Å². The molecule has 2 amide bonds. The average molecular weight is 415 g/mol. The Balaban J connectivity index is 1.99. The molecule has 29 heavy (non-hydrogen) atoms. The van der Waals surface area contributed by atoms with Crippen LogP contribution in [0.25, 0.3) is 0 Å². The predicted octanol–water partition coefficient (Wildman–Crippen LogP) is 1.37. The van der Waals surface area contributed by atoms with Crippen LogP contribution in [-0.4, -0.2) is 39.9 Å². The third-order valence-electron chi connectivity index (χ3n) is 3.64. The standard InChI is InChI=1S/C20H21N3O5S/c1-3-13-21-19(24)14-22-20(25)15-5-11-18(12-6-15)29(26,27)23-16-7-9-17(10-8-16)28-4-2/h1,5-12,23H,4,13-14H2,2H3,(H,21,24)(H,22,25). The molecule has 152 valence electrons. The second kappa shape index (κ2) is 10.1. The van der Waals surface area contributed by atoms with E-state index in [1.54, 1.807) is 24.3 Å². The number of carbonyl (C=O) groups excluding carboxylic acids is 2. The summed E-state index contributed by atoms with van der Waals surface area (Å²) in [5, 5.41) is 4.84. The Hall–Kier alpha value is -3.51. The summed E-state index contributed by atoms with van der Waals surface area (Å²) in [6.45, 7) is 2.21. The summed E-state index contributed by atoms with van der Waals surface area (Å²) in [6, 6.07) is 11.9. The van der Waals surface area contributed by atoms with Crippen LogP contribution >= 0.6 is 0 Å². The van der Waals surface area contributed by atoms with Crippen molar-refractivity contribution in [2.75, 3.05) is 24.4 Å². The molecule has 2 aromatic rings. The van der Waals surface area contributed by atoms with Crippen molar-refractivity contribution in [1.29, 1.82) is 0 Å². The SMILES string of the molecule is C#CCNC(=O)CNC(=O)c1ccc(S(=O)(=O)Nc2ccc(OCC)cc2)cc1. The first-order chi connectivity index (χ1) is 13.9. The van der Waals surface area contributed by atoms with E-state index in [1.165, 1.54) is 24.3 Å². The summed E-state index contributed by atoms with van der Waals surface area (Å²) in [5.74, 6) is 1.96. The highest BCUT2D eigenvalue weighted by atomic mass is 32.2. The van der Waals surface area contributed by atoms with Gasteiger partial charge in [-0.2, -0.15) is 0 Å². The maximum Gasteiger partial charge on any atom is 0.261 e. The first-order valence-corrected chi connectivity index (χ1v) is 10.2. The van der Waals surface area contributed by atoms with E-state index in [0.717, 1.165) is 0 Å². The van der Waals surface area contributed by atoms with Gasteiger partial charge in [0, 0.05) is 11.3 Å². The lowest BCUT2D eigenvalue weighted by Crippen LogP contribution is -2.37. The summed E-state index contributed by atoms with van der Waals surface area (Å²) in [7, 11) is -3.82. The van der Waals surface area contributed by atoms with Gasteiger partial charge in [0.25, 0.3) is 15.9 Å². The molecule has 0 heterocycles. The summed E-state index contributed by atoms with van der Waals surface area (Å²) in [6.07, 6.45) is 5.03. The summed E-state index contributed by atoms with van der Waals surface area (Å²) in [4.78, 5) is 23.5. The van der Waals surface area contributed by atoms with Crippen molar-refractivity contribution in [3.63, 3.8) is 0 Å². The number of hydrogen-bond donors (Lipinski definition) is 3. The number of benzene rings is 2. The molecule has 0 spiro atoms. The van der Waals surface area contributed by atoms with Gasteiger partial charge in [-0.15, -0.1) is 6.42 Å². The molecule has 0 aromatic heterocycles. The molecule has 0 bridgehead atoms. The van der Waals surface area contributed by atoms with E-state index in [4.69, 9.17) is 11.2 Å². The predicted molar refractivity (Wildman–Crippen MR) is 109 cm³/mol. The van der Waals surface area contributed by atoms with Gasteiger partial charge >= 0.3 is 0 Å². The van der Waals surface area contributed by atoms with Crippen molar-refractivity contribution in [3.05, 3.63) is 54.1 Å². The van der Waals surface area contributed by atoms with Crippen LogP contribution in [0.1, 0.15) is 17.3 Å². The fourth-order valence-corrected chi connectivity index (χ4v) is 3.32. The molecule has 9 heteroatoms. The molecule has 0 aliphatic carbocycles. The molecule has 0 atom stereocenters. The quantitative estimate of drug-likeness (QED) is 0.535. The maximum absolute atomic E-state index is 12.5. The van der Waals surface area contributed by atoms with Crippen molar-refractivity contribution < 1.29 is 22.7 Å². The minimum Gasteiger partial charge on any atom is -0.494 e. The number of sulfonamides is 1. The van der Waals surface area contributed by atoms with Crippen molar-refractivity contribution in [1.82, 2.24) is 10.6 Å². The molecule has 0 saturated carbocycles.